The van der Waals surface area contributed by atoms with Crippen LogP contribution >= 0.6 is 0 Å². The fourth-order valence-electron chi connectivity index (χ4n) is 2.87. The number of hydrogen-bond donors (Lipinski definition) is 1. The van der Waals surface area contributed by atoms with Crippen LogP contribution in [0.1, 0.15) is 39.5 Å². The maximum absolute atomic E-state index is 11.0. The Hall–Kier alpha value is -1.62. The molecule has 0 saturated carbocycles. The van der Waals surface area contributed by atoms with E-state index in [-0.39, 0.29) is 22.3 Å². The van der Waals surface area contributed by atoms with Crippen LogP contribution in [0.2, 0.25) is 0 Å². The van der Waals surface area contributed by atoms with Gasteiger partial charge in [0.15, 0.2) is 0 Å². The third kappa shape index (κ3) is 3.10. The van der Waals surface area contributed by atoms with Crippen LogP contribution in [0.3, 0.4) is 0 Å². The molecule has 0 radical (unpaired) electrons. The molecule has 5 heteroatoms. The molecule has 20 heavy (non-hydrogen) atoms. The van der Waals surface area contributed by atoms with Crippen molar-refractivity contribution >= 4 is 11.4 Å². The van der Waals surface area contributed by atoms with Crippen LogP contribution in [0.4, 0.5) is 11.4 Å². The van der Waals surface area contributed by atoms with E-state index in [9.17, 15) is 10.1 Å². The van der Waals surface area contributed by atoms with Gasteiger partial charge in [0.05, 0.1) is 10.5 Å². The summed E-state index contributed by atoms with van der Waals surface area (Å²) in [6, 6.07) is 7.05. The van der Waals surface area contributed by atoms with Crippen molar-refractivity contribution in [3.05, 3.63) is 34.4 Å². The van der Waals surface area contributed by atoms with Gasteiger partial charge < -0.3 is 10.1 Å². The van der Waals surface area contributed by atoms with Gasteiger partial charge in [-0.15, -0.1) is 0 Å². The third-order valence-corrected chi connectivity index (χ3v) is 4.24. The summed E-state index contributed by atoms with van der Waals surface area (Å²) in [4.78, 5) is 10.7. The van der Waals surface area contributed by atoms with Crippen molar-refractivity contribution in [3.63, 3.8) is 0 Å². The molecule has 110 valence electrons. The maximum Gasteiger partial charge on any atom is 0.292 e. The van der Waals surface area contributed by atoms with Crippen LogP contribution in [0, 0.1) is 10.1 Å². The van der Waals surface area contributed by atoms with Crippen molar-refractivity contribution < 1.29 is 9.66 Å². The molecule has 1 atom stereocenters. The average molecular weight is 278 g/mol. The zero-order chi connectivity index (χ0) is 14.6. The van der Waals surface area contributed by atoms with Gasteiger partial charge in [-0.3, -0.25) is 10.1 Å². The number of nitrogens with one attached hydrogen (secondary N) is 1. The summed E-state index contributed by atoms with van der Waals surface area (Å²) < 4.78 is 5.94. The first kappa shape index (κ1) is 14.8. The molecular formula is C15H22N2O3. The van der Waals surface area contributed by atoms with Crippen LogP contribution in [0.25, 0.3) is 0 Å². The van der Waals surface area contributed by atoms with Crippen LogP contribution in [0.5, 0.6) is 0 Å². The van der Waals surface area contributed by atoms with Crippen molar-refractivity contribution in [2.45, 2.75) is 51.2 Å². The number of nitro benzene ring substituents is 1. The zero-order valence-electron chi connectivity index (χ0n) is 12.1. The molecule has 1 aliphatic rings. The highest BCUT2D eigenvalue weighted by molar-refractivity contribution is 5.61. The number of nitrogens with zero attached hydrogens (tertiary/aromatic N) is 1. The van der Waals surface area contributed by atoms with Crippen LogP contribution in [0.15, 0.2) is 24.3 Å². The number of ether oxygens (including phenoxy) is 1. The summed E-state index contributed by atoms with van der Waals surface area (Å²) in [5.74, 6) is 0. The van der Waals surface area contributed by atoms with Gasteiger partial charge in [0.2, 0.25) is 0 Å². The number of benzene rings is 1. The van der Waals surface area contributed by atoms with E-state index in [0.717, 1.165) is 25.7 Å². The molecular weight excluding hydrogens is 256 g/mol. The molecule has 0 aliphatic carbocycles. The number of para-hydroxylation sites is 2. The number of hydrogen-bond acceptors (Lipinski definition) is 4. The molecule has 5 nitrogen and oxygen atoms in total. The Morgan fingerprint density at radius 3 is 2.75 bits per heavy atom. The van der Waals surface area contributed by atoms with Gasteiger partial charge in [-0.2, -0.15) is 0 Å². The van der Waals surface area contributed by atoms with E-state index in [4.69, 9.17) is 4.74 Å². The molecule has 1 heterocycles. The Morgan fingerprint density at radius 2 is 2.10 bits per heavy atom. The fourth-order valence-corrected chi connectivity index (χ4v) is 2.87. The molecule has 1 unspecified atom stereocenters. The zero-order valence-corrected chi connectivity index (χ0v) is 12.1. The second kappa shape index (κ2) is 6.22. The number of rotatable bonds is 5. The van der Waals surface area contributed by atoms with Crippen LogP contribution in [-0.4, -0.2) is 23.2 Å². The van der Waals surface area contributed by atoms with Gasteiger partial charge in [0.1, 0.15) is 5.69 Å². The van der Waals surface area contributed by atoms with E-state index in [1.54, 1.807) is 12.1 Å². The lowest BCUT2D eigenvalue weighted by atomic mass is 9.86. The van der Waals surface area contributed by atoms with Gasteiger partial charge in [-0.25, -0.2) is 0 Å². The summed E-state index contributed by atoms with van der Waals surface area (Å²) in [6.45, 7) is 4.98. The number of anilines is 1. The highest BCUT2D eigenvalue weighted by Gasteiger charge is 2.34. The topological polar surface area (TPSA) is 64.4 Å². The van der Waals surface area contributed by atoms with E-state index in [2.05, 4.69) is 19.2 Å². The van der Waals surface area contributed by atoms with Crippen molar-refractivity contribution in [1.29, 1.82) is 0 Å². The van der Waals surface area contributed by atoms with E-state index in [1.165, 1.54) is 6.07 Å². The molecule has 0 bridgehead atoms. The molecule has 1 N–H and O–H groups in total. The maximum atomic E-state index is 11.0. The van der Waals surface area contributed by atoms with Gasteiger partial charge >= 0.3 is 0 Å². The lowest BCUT2D eigenvalue weighted by Crippen LogP contribution is -2.43. The summed E-state index contributed by atoms with van der Waals surface area (Å²) in [6.07, 6.45) is 3.72. The average Bonchev–Trinajstić information content (AvgIpc) is 2.47. The molecule has 1 aromatic carbocycles. The van der Waals surface area contributed by atoms with Crippen LogP contribution < -0.4 is 5.32 Å². The van der Waals surface area contributed by atoms with Crippen molar-refractivity contribution in [2.24, 2.45) is 0 Å². The molecule has 1 aliphatic heterocycles. The molecule has 1 saturated heterocycles. The third-order valence-electron chi connectivity index (χ3n) is 4.24. The van der Waals surface area contributed by atoms with Gasteiger partial charge in [0, 0.05) is 18.7 Å². The first-order valence-corrected chi connectivity index (χ1v) is 7.24. The predicted octanol–water partition coefficient (Wildman–Crippen LogP) is 3.74. The minimum Gasteiger partial charge on any atom is -0.377 e. The second-order valence-electron chi connectivity index (χ2n) is 5.35. The van der Waals surface area contributed by atoms with E-state index >= 15 is 0 Å². The standard InChI is InChI=1S/C15H22N2O3/c1-3-15(4-2)11-12(9-10-20-15)16-13-7-5-6-8-14(13)17(18)19/h5-8,12,16H,3-4,9-11H2,1-2H3. The lowest BCUT2D eigenvalue weighted by molar-refractivity contribution is -0.384. The Labute approximate surface area is 119 Å². The number of nitro groups is 1. The Kier molecular flexibility index (Phi) is 4.60. The molecule has 0 aromatic heterocycles. The van der Waals surface area contributed by atoms with E-state index in [1.807, 2.05) is 6.07 Å². The second-order valence-corrected chi connectivity index (χ2v) is 5.35. The Balaban J connectivity index is 2.12. The summed E-state index contributed by atoms with van der Waals surface area (Å²) in [5, 5.41) is 14.4. The smallest absolute Gasteiger partial charge is 0.292 e. The first-order valence-electron chi connectivity index (χ1n) is 7.24. The highest BCUT2D eigenvalue weighted by Crippen LogP contribution is 2.34. The Morgan fingerprint density at radius 1 is 1.40 bits per heavy atom. The van der Waals surface area contributed by atoms with E-state index in [0.29, 0.717) is 12.3 Å². The molecule has 2 rings (SSSR count). The molecule has 0 spiro atoms. The largest absolute Gasteiger partial charge is 0.377 e. The summed E-state index contributed by atoms with van der Waals surface area (Å²) >= 11 is 0. The van der Waals surface area contributed by atoms with Gasteiger partial charge in [-0.05, 0) is 31.7 Å². The van der Waals surface area contributed by atoms with Crippen LogP contribution in [-0.2, 0) is 4.74 Å². The SMILES string of the molecule is CCC1(CC)CC(Nc2ccccc2[N+](=O)[O-])CCO1. The van der Waals surface area contributed by atoms with Crippen molar-refractivity contribution in [2.75, 3.05) is 11.9 Å². The highest BCUT2D eigenvalue weighted by atomic mass is 16.6. The lowest BCUT2D eigenvalue weighted by Gasteiger charge is -2.40. The van der Waals surface area contributed by atoms with Crippen molar-refractivity contribution in [3.8, 4) is 0 Å². The molecule has 0 amide bonds. The fraction of sp³-hybridized carbons (Fsp3) is 0.600. The van der Waals surface area contributed by atoms with E-state index < -0.39 is 0 Å². The minimum absolute atomic E-state index is 0.0839. The van der Waals surface area contributed by atoms with Gasteiger partial charge in [0.25, 0.3) is 5.69 Å². The monoisotopic (exact) mass is 278 g/mol. The Bertz CT molecular complexity index is 472. The van der Waals surface area contributed by atoms with Gasteiger partial charge in [-0.1, -0.05) is 26.0 Å². The minimum atomic E-state index is -0.339. The first-order chi connectivity index (χ1) is 9.60. The quantitative estimate of drug-likeness (QED) is 0.658. The normalized spacial score (nSPS) is 21.4. The van der Waals surface area contributed by atoms with Crippen molar-refractivity contribution in [1.82, 2.24) is 0 Å². The summed E-state index contributed by atoms with van der Waals surface area (Å²) in [7, 11) is 0. The predicted molar refractivity (Wildman–Crippen MR) is 79.0 cm³/mol. The molecule has 1 aromatic rings. The molecule has 1 fully saturated rings. The summed E-state index contributed by atoms with van der Waals surface area (Å²) in [5.41, 5.74) is 0.655.